The second-order valence-electron chi connectivity index (χ2n) is 4.27. The van der Waals surface area contributed by atoms with Crippen molar-refractivity contribution in [1.82, 2.24) is 5.32 Å². The second-order valence-corrected chi connectivity index (χ2v) is 4.27. The highest BCUT2D eigenvalue weighted by Gasteiger charge is 2.46. The maximum atomic E-state index is 12.0. The molecule has 1 aliphatic carbocycles. The SMILES string of the molecule is O=C1NC(C2CC2)C(=O)N1c1ccccc1. The van der Waals surface area contributed by atoms with Gasteiger partial charge < -0.3 is 5.32 Å². The standard InChI is InChI=1S/C12H12N2O2/c15-11-10(8-6-7-8)13-12(16)14(11)9-4-2-1-3-5-9/h1-5,8,10H,6-7H2,(H,13,16). The molecule has 16 heavy (non-hydrogen) atoms. The van der Waals surface area contributed by atoms with Crippen LogP contribution in [0.3, 0.4) is 0 Å². The Morgan fingerprint density at radius 1 is 1.12 bits per heavy atom. The highest BCUT2D eigenvalue weighted by Crippen LogP contribution is 2.36. The molecular weight excluding hydrogens is 204 g/mol. The average molecular weight is 216 g/mol. The Kier molecular flexibility index (Phi) is 1.96. The molecule has 1 saturated heterocycles. The third kappa shape index (κ3) is 1.38. The van der Waals surface area contributed by atoms with Crippen LogP contribution in [0.25, 0.3) is 0 Å². The number of hydrogen-bond acceptors (Lipinski definition) is 2. The van der Waals surface area contributed by atoms with Crippen LogP contribution in [0.4, 0.5) is 10.5 Å². The van der Waals surface area contributed by atoms with E-state index in [1.807, 2.05) is 18.2 Å². The summed E-state index contributed by atoms with van der Waals surface area (Å²) in [5.41, 5.74) is 0.646. The van der Waals surface area contributed by atoms with Crippen LogP contribution in [0.1, 0.15) is 12.8 Å². The van der Waals surface area contributed by atoms with Gasteiger partial charge in [-0.2, -0.15) is 0 Å². The van der Waals surface area contributed by atoms with E-state index in [4.69, 9.17) is 0 Å². The lowest BCUT2D eigenvalue weighted by Gasteiger charge is -2.12. The van der Waals surface area contributed by atoms with Gasteiger partial charge in [-0.25, -0.2) is 9.69 Å². The molecule has 1 aliphatic heterocycles. The van der Waals surface area contributed by atoms with Crippen molar-refractivity contribution in [2.75, 3.05) is 4.90 Å². The molecule has 4 nitrogen and oxygen atoms in total. The molecule has 3 rings (SSSR count). The Labute approximate surface area is 93.2 Å². The Hall–Kier alpha value is -1.84. The fourth-order valence-electron chi connectivity index (χ4n) is 2.07. The van der Waals surface area contributed by atoms with Crippen molar-refractivity contribution < 1.29 is 9.59 Å². The number of carbonyl (C=O) groups is 2. The number of para-hydroxylation sites is 1. The Bertz CT molecular complexity index is 440. The molecule has 4 heteroatoms. The first-order valence-electron chi connectivity index (χ1n) is 5.47. The topological polar surface area (TPSA) is 49.4 Å². The number of benzene rings is 1. The Morgan fingerprint density at radius 3 is 2.44 bits per heavy atom. The van der Waals surface area contributed by atoms with Gasteiger partial charge in [0.05, 0.1) is 5.69 Å². The molecule has 2 fully saturated rings. The quantitative estimate of drug-likeness (QED) is 0.762. The first-order chi connectivity index (χ1) is 7.77. The van der Waals surface area contributed by atoms with E-state index in [0.717, 1.165) is 12.8 Å². The lowest BCUT2D eigenvalue weighted by atomic mass is 10.2. The number of anilines is 1. The summed E-state index contributed by atoms with van der Waals surface area (Å²) in [6, 6.07) is 8.45. The van der Waals surface area contributed by atoms with Crippen molar-refractivity contribution in [3.63, 3.8) is 0 Å². The van der Waals surface area contributed by atoms with Crippen LogP contribution < -0.4 is 10.2 Å². The van der Waals surface area contributed by atoms with E-state index < -0.39 is 0 Å². The number of hydrogen-bond donors (Lipinski definition) is 1. The molecule has 0 spiro atoms. The van der Waals surface area contributed by atoms with E-state index in [9.17, 15) is 9.59 Å². The molecule has 1 atom stereocenters. The lowest BCUT2D eigenvalue weighted by molar-refractivity contribution is -0.118. The van der Waals surface area contributed by atoms with E-state index in [2.05, 4.69) is 5.32 Å². The summed E-state index contributed by atoms with van der Waals surface area (Å²) in [5, 5.41) is 2.75. The van der Waals surface area contributed by atoms with Crippen molar-refractivity contribution in [3.8, 4) is 0 Å². The summed E-state index contributed by atoms with van der Waals surface area (Å²) in [7, 11) is 0. The minimum atomic E-state index is -0.298. The van der Waals surface area contributed by atoms with Gasteiger partial charge >= 0.3 is 6.03 Å². The van der Waals surface area contributed by atoms with E-state index in [1.54, 1.807) is 12.1 Å². The number of urea groups is 1. The van der Waals surface area contributed by atoms with Crippen molar-refractivity contribution in [3.05, 3.63) is 30.3 Å². The van der Waals surface area contributed by atoms with Crippen LogP contribution in [0.5, 0.6) is 0 Å². The molecule has 1 aromatic carbocycles. The van der Waals surface area contributed by atoms with E-state index in [-0.39, 0.29) is 18.0 Å². The fraction of sp³-hybridized carbons (Fsp3) is 0.333. The van der Waals surface area contributed by atoms with Gasteiger partial charge in [0, 0.05) is 0 Å². The molecule has 0 radical (unpaired) electrons. The summed E-state index contributed by atoms with van der Waals surface area (Å²) in [6.07, 6.45) is 2.08. The zero-order valence-electron chi connectivity index (χ0n) is 8.72. The molecule has 1 aromatic rings. The first kappa shape index (κ1) is 9.39. The zero-order chi connectivity index (χ0) is 11.1. The number of nitrogens with one attached hydrogen (secondary N) is 1. The van der Waals surface area contributed by atoms with Gasteiger partial charge in [-0.15, -0.1) is 0 Å². The number of imide groups is 1. The minimum absolute atomic E-state index is 0.112. The largest absolute Gasteiger partial charge is 0.329 e. The second kappa shape index (κ2) is 3.33. The smallest absolute Gasteiger partial charge is 0.325 e. The molecule has 0 aromatic heterocycles. The maximum Gasteiger partial charge on any atom is 0.329 e. The average Bonchev–Trinajstić information content (AvgIpc) is 3.07. The van der Waals surface area contributed by atoms with E-state index in [0.29, 0.717) is 11.6 Å². The molecule has 82 valence electrons. The zero-order valence-corrected chi connectivity index (χ0v) is 8.72. The molecule has 0 bridgehead atoms. The minimum Gasteiger partial charge on any atom is -0.325 e. The predicted octanol–water partition coefficient (Wildman–Crippen LogP) is 1.52. The highest BCUT2D eigenvalue weighted by molar-refractivity contribution is 6.21. The van der Waals surface area contributed by atoms with E-state index in [1.165, 1.54) is 4.90 Å². The molecule has 1 heterocycles. The number of nitrogens with zero attached hydrogens (tertiary/aromatic N) is 1. The Balaban J connectivity index is 1.90. The van der Waals surface area contributed by atoms with Crippen LogP contribution in [0, 0.1) is 5.92 Å². The van der Waals surface area contributed by atoms with Crippen LogP contribution in [0.15, 0.2) is 30.3 Å². The molecule has 3 amide bonds. The molecule has 1 N–H and O–H groups in total. The number of carbonyl (C=O) groups excluding carboxylic acids is 2. The van der Waals surface area contributed by atoms with Gasteiger partial charge in [0.1, 0.15) is 6.04 Å². The van der Waals surface area contributed by atoms with Crippen LogP contribution >= 0.6 is 0 Å². The summed E-state index contributed by atoms with van der Waals surface area (Å²) in [6.45, 7) is 0. The maximum absolute atomic E-state index is 12.0. The number of amides is 3. The van der Waals surface area contributed by atoms with Crippen molar-refractivity contribution in [2.45, 2.75) is 18.9 Å². The van der Waals surface area contributed by atoms with Gasteiger partial charge in [-0.05, 0) is 30.9 Å². The lowest BCUT2D eigenvalue weighted by Crippen LogP contribution is -2.32. The van der Waals surface area contributed by atoms with Gasteiger partial charge in [0.15, 0.2) is 0 Å². The van der Waals surface area contributed by atoms with Crippen molar-refractivity contribution in [1.29, 1.82) is 0 Å². The monoisotopic (exact) mass is 216 g/mol. The summed E-state index contributed by atoms with van der Waals surface area (Å²) in [5.74, 6) is 0.240. The Morgan fingerprint density at radius 2 is 1.81 bits per heavy atom. The molecule has 2 aliphatic rings. The summed E-state index contributed by atoms with van der Waals surface area (Å²) >= 11 is 0. The summed E-state index contributed by atoms with van der Waals surface area (Å²) < 4.78 is 0. The fourth-order valence-corrected chi connectivity index (χ4v) is 2.07. The van der Waals surface area contributed by atoms with Gasteiger partial charge in [-0.1, -0.05) is 18.2 Å². The van der Waals surface area contributed by atoms with Crippen molar-refractivity contribution in [2.24, 2.45) is 5.92 Å². The first-order valence-corrected chi connectivity index (χ1v) is 5.47. The van der Waals surface area contributed by atoms with Gasteiger partial charge in [0.25, 0.3) is 5.91 Å². The van der Waals surface area contributed by atoms with E-state index >= 15 is 0 Å². The number of rotatable bonds is 2. The van der Waals surface area contributed by atoms with Crippen LogP contribution in [-0.2, 0) is 4.79 Å². The molecular formula is C12H12N2O2. The molecule has 1 saturated carbocycles. The summed E-state index contributed by atoms with van der Waals surface area (Å²) in [4.78, 5) is 25.0. The van der Waals surface area contributed by atoms with Crippen molar-refractivity contribution >= 4 is 17.6 Å². The van der Waals surface area contributed by atoms with Crippen LogP contribution in [-0.4, -0.2) is 18.0 Å². The third-order valence-corrected chi connectivity index (χ3v) is 3.08. The van der Waals surface area contributed by atoms with Gasteiger partial charge in [-0.3, -0.25) is 4.79 Å². The highest BCUT2D eigenvalue weighted by atomic mass is 16.2. The predicted molar refractivity (Wildman–Crippen MR) is 59.0 cm³/mol. The molecule has 1 unspecified atom stereocenters. The third-order valence-electron chi connectivity index (χ3n) is 3.08. The normalized spacial score (nSPS) is 24.8. The van der Waals surface area contributed by atoms with Crippen LogP contribution in [0.2, 0.25) is 0 Å². The van der Waals surface area contributed by atoms with Gasteiger partial charge in [0.2, 0.25) is 0 Å².